The van der Waals surface area contributed by atoms with E-state index < -0.39 is 0 Å². The molecule has 3 saturated heterocycles. The van der Waals surface area contributed by atoms with Gasteiger partial charge in [0.2, 0.25) is 5.91 Å². The van der Waals surface area contributed by atoms with Crippen LogP contribution < -0.4 is 10.6 Å². The van der Waals surface area contributed by atoms with Gasteiger partial charge in [-0.2, -0.15) is 0 Å². The van der Waals surface area contributed by atoms with Gasteiger partial charge < -0.3 is 15.5 Å². The van der Waals surface area contributed by atoms with Crippen LogP contribution in [0.15, 0.2) is 22.1 Å². The SMILES string of the molecule is CSc1nc(N)cc(N2C[C@@H]3CC[C@H](C2)N(Cc2cscn2)C3=O)n1. The zero-order chi connectivity index (χ0) is 17.4. The lowest BCUT2D eigenvalue weighted by Gasteiger charge is -2.35. The molecule has 2 atom stereocenters. The fourth-order valence-electron chi connectivity index (χ4n) is 3.61. The highest BCUT2D eigenvalue weighted by molar-refractivity contribution is 7.98. The lowest BCUT2D eigenvalue weighted by molar-refractivity contribution is -0.140. The van der Waals surface area contributed by atoms with E-state index in [0.29, 0.717) is 24.1 Å². The highest BCUT2D eigenvalue weighted by Crippen LogP contribution is 2.32. The van der Waals surface area contributed by atoms with Crippen molar-refractivity contribution in [2.45, 2.75) is 30.6 Å². The Bertz CT molecular complexity index is 768. The number of nitrogen functional groups attached to an aromatic ring is 1. The first-order valence-electron chi connectivity index (χ1n) is 8.25. The van der Waals surface area contributed by atoms with E-state index in [9.17, 15) is 4.79 Å². The summed E-state index contributed by atoms with van der Waals surface area (Å²) < 4.78 is 0. The Morgan fingerprint density at radius 2 is 2.24 bits per heavy atom. The van der Waals surface area contributed by atoms with E-state index in [0.717, 1.165) is 30.9 Å². The van der Waals surface area contributed by atoms with E-state index in [1.807, 2.05) is 22.0 Å². The number of carbonyl (C=O) groups excluding carboxylic acids is 1. The standard InChI is InChI=1S/C16H20N6OS2/c1-24-16-19-13(17)4-14(20-16)21-5-10-2-3-12(7-21)22(15(10)23)6-11-8-25-9-18-11/h4,8-10,12H,2-3,5-7H2,1H3,(H2,17,19,20)/t10-,12+/m0/s1. The molecule has 5 heterocycles. The normalized spacial score (nSPS) is 23.2. The number of thioether (sulfide) groups is 1. The maximum absolute atomic E-state index is 12.9. The zero-order valence-corrected chi connectivity index (χ0v) is 15.6. The summed E-state index contributed by atoms with van der Waals surface area (Å²) in [4.78, 5) is 30.3. The molecule has 0 saturated carbocycles. The van der Waals surface area contributed by atoms with Crippen LogP contribution in [0.2, 0.25) is 0 Å². The number of thiazole rings is 1. The second-order valence-electron chi connectivity index (χ2n) is 6.42. The monoisotopic (exact) mass is 376 g/mol. The Hall–Kier alpha value is -1.87. The van der Waals surface area contributed by atoms with Gasteiger partial charge in [-0.25, -0.2) is 15.0 Å². The van der Waals surface area contributed by atoms with Crippen LogP contribution in [-0.2, 0) is 11.3 Å². The molecule has 0 spiro atoms. The Kier molecular flexibility index (Phi) is 4.51. The molecule has 1 amide bonds. The molecule has 25 heavy (non-hydrogen) atoms. The molecule has 0 unspecified atom stereocenters. The van der Waals surface area contributed by atoms with E-state index in [-0.39, 0.29) is 17.9 Å². The summed E-state index contributed by atoms with van der Waals surface area (Å²) in [5.41, 5.74) is 8.72. The lowest BCUT2D eigenvalue weighted by atomic mass is 9.94. The number of nitrogens with two attached hydrogens (primary N) is 1. The van der Waals surface area contributed by atoms with Gasteiger partial charge in [-0.15, -0.1) is 11.3 Å². The van der Waals surface area contributed by atoms with Crippen LogP contribution in [0.1, 0.15) is 18.5 Å². The summed E-state index contributed by atoms with van der Waals surface area (Å²) in [6, 6.07) is 1.99. The van der Waals surface area contributed by atoms with Gasteiger partial charge in [0.15, 0.2) is 5.16 Å². The molecule has 5 rings (SSSR count). The van der Waals surface area contributed by atoms with Crippen molar-refractivity contribution in [2.24, 2.45) is 5.92 Å². The molecular weight excluding hydrogens is 356 g/mol. The third-order valence-corrected chi connectivity index (χ3v) is 6.01. The number of amides is 1. The number of rotatable bonds is 4. The van der Waals surface area contributed by atoms with Crippen molar-refractivity contribution < 1.29 is 4.79 Å². The minimum Gasteiger partial charge on any atom is -0.383 e. The largest absolute Gasteiger partial charge is 0.383 e. The number of hydrogen-bond acceptors (Lipinski definition) is 8. The quantitative estimate of drug-likeness (QED) is 0.644. The summed E-state index contributed by atoms with van der Waals surface area (Å²) in [6.45, 7) is 2.06. The first kappa shape index (κ1) is 16.6. The summed E-state index contributed by atoms with van der Waals surface area (Å²) >= 11 is 3.04. The molecule has 9 heteroatoms. The molecule has 3 aliphatic rings. The molecular formula is C16H20N6OS2. The van der Waals surface area contributed by atoms with Gasteiger partial charge in [0.25, 0.3) is 0 Å². The average Bonchev–Trinajstić information content (AvgIpc) is 2.97. The van der Waals surface area contributed by atoms with E-state index >= 15 is 0 Å². The molecule has 0 aliphatic carbocycles. The molecule has 3 aliphatic heterocycles. The van der Waals surface area contributed by atoms with Crippen LogP contribution in [0.3, 0.4) is 0 Å². The van der Waals surface area contributed by atoms with E-state index in [4.69, 9.17) is 5.73 Å². The highest BCUT2D eigenvalue weighted by Gasteiger charge is 2.41. The van der Waals surface area contributed by atoms with Gasteiger partial charge >= 0.3 is 0 Å². The van der Waals surface area contributed by atoms with Crippen molar-refractivity contribution in [2.75, 3.05) is 30.0 Å². The summed E-state index contributed by atoms with van der Waals surface area (Å²) in [5, 5.41) is 2.68. The van der Waals surface area contributed by atoms with Gasteiger partial charge in [-0.05, 0) is 19.1 Å². The highest BCUT2D eigenvalue weighted by atomic mass is 32.2. The molecule has 7 nitrogen and oxygen atoms in total. The van der Waals surface area contributed by atoms with Crippen LogP contribution in [0.4, 0.5) is 11.6 Å². The van der Waals surface area contributed by atoms with Gasteiger partial charge in [-0.3, -0.25) is 4.79 Å². The Morgan fingerprint density at radius 1 is 1.36 bits per heavy atom. The van der Waals surface area contributed by atoms with Crippen LogP contribution in [-0.4, -0.2) is 51.1 Å². The number of anilines is 2. The molecule has 2 bridgehead atoms. The second kappa shape index (κ2) is 6.80. The molecule has 0 aromatic carbocycles. The van der Waals surface area contributed by atoms with Crippen LogP contribution >= 0.6 is 23.1 Å². The van der Waals surface area contributed by atoms with E-state index in [1.165, 1.54) is 11.8 Å². The lowest BCUT2D eigenvalue weighted by Crippen LogP contribution is -2.47. The zero-order valence-electron chi connectivity index (χ0n) is 14.0. The Morgan fingerprint density at radius 3 is 3.00 bits per heavy atom. The third kappa shape index (κ3) is 3.30. The fourth-order valence-corrected chi connectivity index (χ4v) is 4.54. The van der Waals surface area contributed by atoms with Gasteiger partial charge in [0, 0.05) is 30.6 Å². The summed E-state index contributed by atoms with van der Waals surface area (Å²) in [6.07, 6.45) is 3.89. The van der Waals surface area contributed by atoms with E-state index in [1.54, 1.807) is 17.4 Å². The number of aromatic nitrogens is 3. The maximum atomic E-state index is 12.9. The minimum atomic E-state index is 0.00584. The number of carbonyl (C=O) groups is 1. The second-order valence-corrected chi connectivity index (χ2v) is 7.91. The van der Waals surface area contributed by atoms with E-state index in [2.05, 4.69) is 19.9 Å². The summed E-state index contributed by atoms with van der Waals surface area (Å²) in [7, 11) is 0. The number of piperidine rings is 1. The van der Waals surface area contributed by atoms with Crippen LogP contribution in [0.25, 0.3) is 0 Å². The Balaban J connectivity index is 1.60. The molecule has 0 radical (unpaired) electrons. The smallest absolute Gasteiger partial charge is 0.228 e. The van der Waals surface area contributed by atoms with Crippen molar-refractivity contribution in [1.29, 1.82) is 0 Å². The topological polar surface area (TPSA) is 88.2 Å². The fraction of sp³-hybridized carbons (Fsp3) is 0.500. The predicted octanol–water partition coefficient (Wildman–Crippen LogP) is 1.86. The molecule has 2 N–H and O–H groups in total. The number of hydrogen-bond donors (Lipinski definition) is 1. The van der Waals surface area contributed by atoms with Gasteiger partial charge in [0.05, 0.1) is 23.7 Å². The molecule has 132 valence electrons. The predicted molar refractivity (Wildman–Crippen MR) is 99.6 cm³/mol. The van der Waals surface area contributed by atoms with Gasteiger partial charge in [0.1, 0.15) is 11.6 Å². The van der Waals surface area contributed by atoms with Crippen molar-refractivity contribution in [1.82, 2.24) is 19.9 Å². The summed E-state index contributed by atoms with van der Waals surface area (Å²) in [5.74, 6) is 1.53. The van der Waals surface area contributed by atoms with Crippen molar-refractivity contribution in [3.05, 3.63) is 22.7 Å². The van der Waals surface area contributed by atoms with Gasteiger partial charge in [-0.1, -0.05) is 11.8 Å². The molecule has 3 fully saturated rings. The van der Waals surface area contributed by atoms with Crippen LogP contribution in [0.5, 0.6) is 0 Å². The first-order chi connectivity index (χ1) is 12.1. The molecule has 2 aromatic rings. The Labute approximate surface area is 154 Å². The maximum Gasteiger partial charge on any atom is 0.228 e. The minimum absolute atomic E-state index is 0.00584. The average molecular weight is 377 g/mol. The van der Waals surface area contributed by atoms with Crippen molar-refractivity contribution in [3.8, 4) is 0 Å². The van der Waals surface area contributed by atoms with Crippen LogP contribution in [0, 0.1) is 5.92 Å². The number of nitrogens with zero attached hydrogens (tertiary/aromatic N) is 5. The first-order valence-corrected chi connectivity index (χ1v) is 10.4. The molecule has 2 aromatic heterocycles. The van der Waals surface area contributed by atoms with Crippen molar-refractivity contribution >= 4 is 40.6 Å². The third-order valence-electron chi connectivity index (χ3n) is 4.83. The van der Waals surface area contributed by atoms with Crippen molar-refractivity contribution in [3.63, 3.8) is 0 Å². The number of fused-ring (bicyclic) bond motifs is 4.